The van der Waals surface area contributed by atoms with Crippen LogP contribution in [-0.4, -0.2) is 25.9 Å². The Morgan fingerprint density at radius 2 is 1.62 bits per heavy atom. The summed E-state index contributed by atoms with van der Waals surface area (Å²) >= 11 is 0. The van der Waals surface area contributed by atoms with Crippen molar-refractivity contribution in [3.8, 4) is 16.9 Å². The van der Waals surface area contributed by atoms with Gasteiger partial charge in [-0.1, -0.05) is 12.1 Å². The number of halogens is 5. The van der Waals surface area contributed by atoms with Crippen molar-refractivity contribution in [1.29, 1.82) is 0 Å². The Morgan fingerprint density at radius 1 is 0.958 bits per heavy atom. The highest BCUT2D eigenvalue weighted by Gasteiger charge is 2.32. The Hall–Kier alpha value is -2.78. The molecule has 10 heteroatoms. The molecule has 3 aromatic rings. The van der Waals surface area contributed by atoms with E-state index in [2.05, 4.69) is 19.9 Å². The summed E-state index contributed by atoms with van der Waals surface area (Å²) in [5.41, 5.74) is 0.879. The zero-order valence-corrected chi connectivity index (χ0v) is 12.1. The molecule has 0 unspecified atom stereocenters. The maximum absolute atomic E-state index is 13.5. The summed E-state index contributed by atoms with van der Waals surface area (Å²) in [6, 6.07) is 4.96. The topological polar surface area (TPSA) is 52.3 Å². The van der Waals surface area contributed by atoms with Gasteiger partial charge in [0.2, 0.25) is 5.82 Å². The van der Waals surface area contributed by atoms with Gasteiger partial charge in [-0.05, 0) is 17.7 Å². The highest BCUT2D eigenvalue weighted by atomic mass is 19.4. The molecule has 126 valence electrons. The molecule has 0 amide bonds. The molecule has 2 aromatic heterocycles. The normalized spacial score (nSPS) is 12.6. The fourth-order valence-corrected chi connectivity index (χ4v) is 2.09. The predicted octanol–water partition coefficient (Wildman–Crippen LogP) is 3.80. The van der Waals surface area contributed by atoms with Crippen molar-refractivity contribution >= 4 is 5.78 Å². The highest BCUT2D eigenvalue weighted by Crippen LogP contribution is 2.28. The Bertz CT molecular complexity index is 867. The minimum absolute atomic E-state index is 0.00713. The minimum atomic E-state index is -4.79. The molecule has 1 aromatic carbocycles. The molecule has 0 N–H and O–H groups in total. The summed E-state index contributed by atoms with van der Waals surface area (Å²) in [6.07, 6.45) is -2.08. The second kappa shape index (κ2) is 5.39. The number of ether oxygens (including phenoxy) is 1. The molecule has 0 radical (unpaired) electrons. The van der Waals surface area contributed by atoms with Crippen LogP contribution < -0.4 is 4.74 Å². The SMILES string of the molecule is CC(F)(F)c1nnc2ncc(-c3ccc(OC(F)(F)F)cc3)cn12. The molecule has 0 saturated carbocycles. The standard InChI is InChI=1S/C14H9F5N4O/c1-13(15,16)11-21-22-12-20-6-9(7-23(11)12)8-2-4-10(5-3-8)24-14(17,18)19/h2-7H,1H3. The van der Waals surface area contributed by atoms with E-state index in [0.29, 0.717) is 18.1 Å². The lowest BCUT2D eigenvalue weighted by Crippen LogP contribution is -2.16. The summed E-state index contributed by atoms with van der Waals surface area (Å²) in [5.74, 6) is -4.19. The molecule has 3 rings (SSSR count). The molecule has 0 aliphatic carbocycles. The Labute approximate surface area is 131 Å². The molecule has 0 saturated heterocycles. The number of fused-ring (bicyclic) bond motifs is 1. The Morgan fingerprint density at radius 3 is 2.21 bits per heavy atom. The van der Waals surface area contributed by atoms with Crippen LogP contribution in [0.15, 0.2) is 36.7 Å². The molecule has 0 fully saturated rings. The van der Waals surface area contributed by atoms with Gasteiger partial charge in [0.1, 0.15) is 5.75 Å². The summed E-state index contributed by atoms with van der Waals surface area (Å²) in [4.78, 5) is 3.92. The first kappa shape index (κ1) is 16.1. The second-order valence-corrected chi connectivity index (χ2v) is 5.00. The summed E-state index contributed by atoms with van der Waals surface area (Å²) in [7, 11) is 0. The summed E-state index contributed by atoms with van der Waals surface area (Å²) in [6.45, 7) is 0.680. The first-order valence-corrected chi connectivity index (χ1v) is 6.59. The van der Waals surface area contributed by atoms with Gasteiger partial charge >= 0.3 is 12.3 Å². The third-order valence-electron chi connectivity index (χ3n) is 3.08. The number of hydrogen-bond donors (Lipinski definition) is 0. The lowest BCUT2D eigenvalue weighted by molar-refractivity contribution is -0.274. The van der Waals surface area contributed by atoms with Crippen LogP contribution in [-0.2, 0) is 5.92 Å². The molecule has 0 aliphatic rings. The van der Waals surface area contributed by atoms with Crippen molar-refractivity contribution < 1.29 is 26.7 Å². The molecule has 0 atom stereocenters. The second-order valence-electron chi connectivity index (χ2n) is 5.00. The highest BCUT2D eigenvalue weighted by molar-refractivity contribution is 5.63. The van der Waals surface area contributed by atoms with E-state index in [-0.39, 0.29) is 11.5 Å². The van der Waals surface area contributed by atoms with E-state index in [9.17, 15) is 22.0 Å². The molecule has 5 nitrogen and oxygen atoms in total. The average molecular weight is 344 g/mol. The van der Waals surface area contributed by atoms with Crippen LogP contribution >= 0.6 is 0 Å². The van der Waals surface area contributed by atoms with Gasteiger partial charge in [0, 0.05) is 24.9 Å². The number of rotatable bonds is 3. The molecule has 0 spiro atoms. The van der Waals surface area contributed by atoms with E-state index >= 15 is 0 Å². The van der Waals surface area contributed by atoms with Crippen LogP contribution in [0.5, 0.6) is 5.75 Å². The zero-order valence-electron chi connectivity index (χ0n) is 12.1. The average Bonchev–Trinajstić information content (AvgIpc) is 2.89. The number of hydrogen-bond acceptors (Lipinski definition) is 4. The fourth-order valence-electron chi connectivity index (χ4n) is 2.09. The van der Waals surface area contributed by atoms with Crippen molar-refractivity contribution in [1.82, 2.24) is 19.6 Å². The fraction of sp³-hybridized carbons (Fsp3) is 0.214. The zero-order chi connectivity index (χ0) is 17.5. The van der Waals surface area contributed by atoms with Gasteiger partial charge in [0.05, 0.1) is 0 Å². The lowest BCUT2D eigenvalue weighted by Gasteiger charge is -2.10. The van der Waals surface area contributed by atoms with Crippen molar-refractivity contribution in [3.63, 3.8) is 0 Å². The van der Waals surface area contributed by atoms with Gasteiger partial charge in [-0.2, -0.15) is 8.78 Å². The van der Waals surface area contributed by atoms with E-state index in [1.54, 1.807) is 0 Å². The minimum Gasteiger partial charge on any atom is -0.406 e. The molecule has 2 heterocycles. The maximum atomic E-state index is 13.5. The Balaban J connectivity index is 1.97. The van der Waals surface area contributed by atoms with Crippen LogP contribution in [0.4, 0.5) is 22.0 Å². The van der Waals surface area contributed by atoms with E-state index in [4.69, 9.17) is 0 Å². The number of nitrogens with zero attached hydrogens (tertiary/aromatic N) is 4. The largest absolute Gasteiger partial charge is 0.573 e. The molecule has 0 bridgehead atoms. The first-order chi connectivity index (χ1) is 11.1. The molecular formula is C14H9F5N4O. The van der Waals surface area contributed by atoms with Crippen LogP contribution in [0.3, 0.4) is 0 Å². The van der Waals surface area contributed by atoms with Gasteiger partial charge in [-0.25, -0.2) is 4.98 Å². The van der Waals surface area contributed by atoms with Gasteiger partial charge in [0.25, 0.3) is 5.78 Å². The summed E-state index contributed by atoms with van der Waals surface area (Å²) in [5, 5.41) is 6.96. The van der Waals surface area contributed by atoms with Crippen LogP contribution in [0, 0.1) is 0 Å². The van der Waals surface area contributed by atoms with Gasteiger partial charge in [-0.15, -0.1) is 23.4 Å². The van der Waals surface area contributed by atoms with Crippen molar-refractivity contribution in [3.05, 3.63) is 42.5 Å². The van der Waals surface area contributed by atoms with E-state index in [0.717, 1.165) is 16.5 Å². The Kier molecular flexibility index (Phi) is 3.61. The maximum Gasteiger partial charge on any atom is 0.573 e. The third kappa shape index (κ3) is 3.26. The van der Waals surface area contributed by atoms with E-state index < -0.39 is 18.1 Å². The monoisotopic (exact) mass is 344 g/mol. The van der Waals surface area contributed by atoms with Crippen molar-refractivity contribution in [2.45, 2.75) is 19.2 Å². The quantitative estimate of drug-likeness (QED) is 0.678. The van der Waals surface area contributed by atoms with E-state index in [1.165, 1.54) is 24.5 Å². The molecule has 0 aliphatic heterocycles. The van der Waals surface area contributed by atoms with Gasteiger partial charge in [-0.3, -0.25) is 4.40 Å². The number of alkyl halides is 5. The third-order valence-corrected chi connectivity index (χ3v) is 3.08. The molecular weight excluding hydrogens is 335 g/mol. The predicted molar refractivity (Wildman–Crippen MR) is 72.5 cm³/mol. The van der Waals surface area contributed by atoms with Crippen LogP contribution in [0.1, 0.15) is 12.7 Å². The van der Waals surface area contributed by atoms with Crippen molar-refractivity contribution in [2.75, 3.05) is 0 Å². The first-order valence-electron chi connectivity index (χ1n) is 6.59. The number of benzene rings is 1. The number of aromatic nitrogens is 4. The van der Waals surface area contributed by atoms with Crippen molar-refractivity contribution in [2.24, 2.45) is 0 Å². The molecule has 24 heavy (non-hydrogen) atoms. The van der Waals surface area contributed by atoms with Gasteiger partial charge < -0.3 is 4.74 Å². The van der Waals surface area contributed by atoms with Gasteiger partial charge in [0.15, 0.2) is 0 Å². The van der Waals surface area contributed by atoms with E-state index in [1.807, 2.05) is 0 Å². The lowest BCUT2D eigenvalue weighted by atomic mass is 10.1. The van der Waals surface area contributed by atoms with Crippen LogP contribution in [0.2, 0.25) is 0 Å². The summed E-state index contributed by atoms with van der Waals surface area (Å²) < 4.78 is 68.2. The van der Waals surface area contributed by atoms with Crippen LogP contribution in [0.25, 0.3) is 16.9 Å². The smallest absolute Gasteiger partial charge is 0.406 e.